The van der Waals surface area contributed by atoms with Crippen molar-refractivity contribution < 1.29 is 0 Å². The highest BCUT2D eigenvalue weighted by Crippen LogP contribution is 2.44. The van der Waals surface area contributed by atoms with Crippen molar-refractivity contribution in [3.8, 4) is 6.07 Å². The topological polar surface area (TPSA) is 39.9 Å². The van der Waals surface area contributed by atoms with E-state index in [0.717, 1.165) is 24.9 Å². The molecule has 0 saturated carbocycles. The molecule has 0 radical (unpaired) electrons. The molecule has 0 aliphatic carbocycles. The van der Waals surface area contributed by atoms with E-state index in [1.165, 1.54) is 5.56 Å². The smallest absolute Gasteiger partial charge is 0.0873 e. The van der Waals surface area contributed by atoms with Crippen molar-refractivity contribution >= 4 is 11.6 Å². The molecule has 1 fully saturated rings. The molecule has 120 valence electrons. The van der Waals surface area contributed by atoms with Crippen molar-refractivity contribution in [2.75, 3.05) is 0 Å². The van der Waals surface area contributed by atoms with Gasteiger partial charge in [0.25, 0.3) is 0 Å². The lowest BCUT2D eigenvalue weighted by Gasteiger charge is -2.43. The van der Waals surface area contributed by atoms with Crippen molar-refractivity contribution in [1.82, 2.24) is 9.88 Å². The van der Waals surface area contributed by atoms with Crippen LogP contribution in [-0.2, 0) is 12.0 Å². The second kappa shape index (κ2) is 6.05. The van der Waals surface area contributed by atoms with Crippen LogP contribution in [-0.4, -0.2) is 22.0 Å². The van der Waals surface area contributed by atoms with Gasteiger partial charge in [-0.2, -0.15) is 5.26 Å². The average Bonchev–Trinajstić information content (AvgIpc) is 2.85. The molecule has 1 aromatic carbocycles. The summed E-state index contributed by atoms with van der Waals surface area (Å²) in [5, 5.41) is 10.5. The van der Waals surface area contributed by atoms with Gasteiger partial charge in [-0.25, -0.2) is 0 Å². The van der Waals surface area contributed by atoms with E-state index in [9.17, 15) is 5.26 Å². The quantitative estimate of drug-likeness (QED) is 0.793. The van der Waals surface area contributed by atoms with Gasteiger partial charge in [0, 0.05) is 31.0 Å². The fourth-order valence-electron chi connectivity index (χ4n) is 3.99. The zero-order valence-electron chi connectivity index (χ0n) is 13.3. The van der Waals surface area contributed by atoms with Crippen LogP contribution in [0.4, 0.5) is 0 Å². The first-order valence-electron chi connectivity index (χ1n) is 8.20. The molecule has 2 aromatic rings. The normalized spacial score (nSPS) is 28.7. The first kappa shape index (κ1) is 15.4. The molecular formula is C20H18ClN3. The van der Waals surface area contributed by atoms with Crippen molar-refractivity contribution in [2.45, 2.75) is 36.9 Å². The van der Waals surface area contributed by atoms with Gasteiger partial charge in [0.05, 0.1) is 16.5 Å². The molecule has 24 heavy (non-hydrogen) atoms. The molecule has 0 N–H and O–H groups in total. The first-order valence-corrected chi connectivity index (χ1v) is 8.58. The second-order valence-corrected chi connectivity index (χ2v) is 7.11. The van der Waals surface area contributed by atoms with Crippen LogP contribution in [0.2, 0.25) is 5.02 Å². The SMILES string of the molecule is N#CC1(c2cncc(Cl)c2)CC2C=CC(C1)N2Cc1ccccc1. The second-order valence-electron chi connectivity index (χ2n) is 6.67. The molecule has 1 saturated heterocycles. The number of rotatable bonds is 3. The summed E-state index contributed by atoms with van der Waals surface area (Å²) in [6.45, 7) is 0.915. The zero-order valence-corrected chi connectivity index (χ0v) is 14.0. The Labute approximate surface area is 147 Å². The lowest BCUT2D eigenvalue weighted by atomic mass is 9.71. The molecule has 2 atom stereocenters. The molecular weight excluding hydrogens is 318 g/mol. The van der Waals surface area contributed by atoms with Gasteiger partial charge >= 0.3 is 0 Å². The van der Waals surface area contributed by atoms with Gasteiger partial charge in [-0.1, -0.05) is 54.1 Å². The standard InChI is InChI=1S/C20H18ClN3/c21-17-8-16(11-23-12-17)20(14-22)9-18-6-7-19(10-20)24(18)13-15-4-2-1-3-5-15/h1-8,11-12,18-19H,9-10,13H2. The number of pyridine rings is 1. The molecule has 4 rings (SSSR count). The Morgan fingerprint density at radius 2 is 1.88 bits per heavy atom. The van der Waals surface area contributed by atoms with E-state index in [1.807, 2.05) is 12.1 Å². The number of halogens is 1. The molecule has 3 nitrogen and oxygen atoms in total. The molecule has 2 bridgehead atoms. The number of hydrogen-bond donors (Lipinski definition) is 0. The third kappa shape index (κ3) is 2.62. The third-order valence-electron chi connectivity index (χ3n) is 5.20. The number of benzene rings is 1. The highest BCUT2D eigenvalue weighted by molar-refractivity contribution is 6.30. The maximum absolute atomic E-state index is 9.96. The lowest BCUT2D eigenvalue weighted by Crippen LogP contribution is -2.49. The molecule has 1 aromatic heterocycles. The van der Waals surface area contributed by atoms with Gasteiger partial charge in [-0.3, -0.25) is 9.88 Å². The minimum atomic E-state index is -0.510. The Balaban J connectivity index is 1.61. The number of hydrogen-bond acceptors (Lipinski definition) is 3. The fraction of sp³-hybridized carbons (Fsp3) is 0.300. The monoisotopic (exact) mass is 335 g/mol. The zero-order chi connectivity index (χ0) is 16.6. The Hall–Kier alpha value is -2.15. The summed E-state index contributed by atoms with van der Waals surface area (Å²) >= 11 is 6.11. The van der Waals surface area contributed by atoms with Crippen LogP contribution < -0.4 is 0 Å². The van der Waals surface area contributed by atoms with Crippen LogP contribution in [0.5, 0.6) is 0 Å². The Kier molecular flexibility index (Phi) is 3.88. The summed E-state index contributed by atoms with van der Waals surface area (Å²) in [7, 11) is 0. The highest BCUT2D eigenvalue weighted by Gasteiger charge is 2.47. The number of piperidine rings is 1. The van der Waals surface area contributed by atoms with Gasteiger partial charge in [0.1, 0.15) is 0 Å². The van der Waals surface area contributed by atoms with E-state index in [0.29, 0.717) is 5.02 Å². The summed E-state index contributed by atoms with van der Waals surface area (Å²) in [6, 6.07) is 15.5. The summed E-state index contributed by atoms with van der Waals surface area (Å²) < 4.78 is 0. The molecule has 2 aliphatic rings. The van der Waals surface area contributed by atoms with Gasteiger partial charge < -0.3 is 0 Å². The molecule has 0 amide bonds. The maximum atomic E-state index is 9.96. The van der Waals surface area contributed by atoms with Gasteiger partial charge in [-0.15, -0.1) is 0 Å². The van der Waals surface area contributed by atoms with E-state index in [1.54, 1.807) is 12.4 Å². The van der Waals surface area contributed by atoms with Crippen molar-refractivity contribution in [1.29, 1.82) is 5.26 Å². The number of fused-ring (bicyclic) bond motifs is 2. The van der Waals surface area contributed by atoms with Crippen molar-refractivity contribution in [2.24, 2.45) is 0 Å². The van der Waals surface area contributed by atoms with E-state index >= 15 is 0 Å². The predicted octanol–water partition coefficient (Wildman–Crippen LogP) is 4.10. The molecule has 4 heteroatoms. The van der Waals surface area contributed by atoms with Gasteiger partial charge in [0.15, 0.2) is 0 Å². The minimum absolute atomic E-state index is 0.280. The van der Waals surface area contributed by atoms with Crippen LogP contribution in [0.3, 0.4) is 0 Å². The highest BCUT2D eigenvalue weighted by atomic mass is 35.5. The van der Waals surface area contributed by atoms with E-state index in [2.05, 4.69) is 52.4 Å². The fourth-order valence-corrected chi connectivity index (χ4v) is 4.16. The van der Waals surface area contributed by atoms with E-state index < -0.39 is 5.41 Å². The largest absolute Gasteiger partial charge is 0.286 e. The van der Waals surface area contributed by atoms with Crippen LogP contribution in [0.1, 0.15) is 24.0 Å². The third-order valence-corrected chi connectivity index (χ3v) is 5.41. The Morgan fingerprint density at radius 1 is 1.17 bits per heavy atom. The Bertz CT molecular complexity index is 793. The van der Waals surface area contributed by atoms with Crippen LogP contribution in [0.25, 0.3) is 0 Å². The van der Waals surface area contributed by atoms with Gasteiger partial charge in [0.2, 0.25) is 0 Å². The molecule has 0 spiro atoms. The minimum Gasteiger partial charge on any atom is -0.286 e. The van der Waals surface area contributed by atoms with Crippen molar-refractivity contribution in [3.63, 3.8) is 0 Å². The first-order chi connectivity index (χ1) is 11.7. The molecule has 2 aliphatic heterocycles. The Morgan fingerprint density at radius 3 is 2.50 bits per heavy atom. The van der Waals surface area contributed by atoms with E-state index in [-0.39, 0.29) is 12.1 Å². The van der Waals surface area contributed by atoms with Crippen molar-refractivity contribution in [3.05, 3.63) is 77.1 Å². The summed E-state index contributed by atoms with van der Waals surface area (Å²) in [6.07, 6.45) is 9.49. The number of nitriles is 1. The molecule has 2 unspecified atom stereocenters. The summed E-state index contributed by atoms with van der Waals surface area (Å²) in [4.78, 5) is 6.68. The van der Waals surface area contributed by atoms with Gasteiger partial charge in [-0.05, 0) is 30.0 Å². The summed E-state index contributed by atoms with van der Waals surface area (Å²) in [5.41, 5.74) is 1.74. The van der Waals surface area contributed by atoms with E-state index in [4.69, 9.17) is 11.6 Å². The maximum Gasteiger partial charge on any atom is 0.0873 e. The lowest BCUT2D eigenvalue weighted by molar-refractivity contribution is 0.111. The average molecular weight is 336 g/mol. The predicted molar refractivity (Wildman–Crippen MR) is 94.5 cm³/mol. The number of nitrogens with zero attached hydrogens (tertiary/aromatic N) is 3. The number of aromatic nitrogens is 1. The van der Waals surface area contributed by atoms with Crippen LogP contribution in [0.15, 0.2) is 60.9 Å². The van der Waals surface area contributed by atoms with Crippen LogP contribution in [0, 0.1) is 11.3 Å². The molecule has 3 heterocycles. The summed E-state index contributed by atoms with van der Waals surface area (Å²) in [5.74, 6) is 0. The van der Waals surface area contributed by atoms with Crippen LogP contribution >= 0.6 is 11.6 Å².